The molecule has 0 radical (unpaired) electrons. The smallest absolute Gasteiger partial charge is 0.105 e. The van der Waals surface area contributed by atoms with Crippen molar-refractivity contribution in [1.82, 2.24) is 14.9 Å². The molecular weight excluding hydrogens is 150 g/mol. The number of aromatic nitrogens is 2. The van der Waals surface area contributed by atoms with E-state index in [0.717, 1.165) is 12.4 Å². The van der Waals surface area contributed by atoms with Crippen LogP contribution in [0.1, 0.15) is 31.4 Å². The number of hydrogen-bond donors (Lipinski definition) is 1. The van der Waals surface area contributed by atoms with E-state index in [2.05, 4.69) is 28.7 Å². The molecule has 3 nitrogen and oxygen atoms in total. The third-order valence-corrected chi connectivity index (χ3v) is 1.93. The fourth-order valence-electron chi connectivity index (χ4n) is 1.52. The van der Waals surface area contributed by atoms with E-state index in [4.69, 9.17) is 0 Å². The average molecular weight is 167 g/mol. The van der Waals surface area contributed by atoms with Crippen LogP contribution in [-0.2, 0) is 6.54 Å². The summed E-state index contributed by atoms with van der Waals surface area (Å²) < 4.78 is 2.25. The van der Waals surface area contributed by atoms with Crippen molar-refractivity contribution in [1.29, 1.82) is 0 Å². The highest BCUT2D eigenvalue weighted by molar-refractivity contribution is 5.05. The van der Waals surface area contributed by atoms with Gasteiger partial charge in [0.05, 0.1) is 5.69 Å². The monoisotopic (exact) mass is 167 g/mol. The lowest BCUT2D eigenvalue weighted by atomic mass is 10.3. The van der Waals surface area contributed by atoms with Gasteiger partial charge in [-0.15, -0.1) is 0 Å². The molecule has 68 valence electrons. The first kappa shape index (κ1) is 9.26. The van der Waals surface area contributed by atoms with Crippen LogP contribution in [-0.4, -0.2) is 16.6 Å². The van der Waals surface area contributed by atoms with Gasteiger partial charge in [0, 0.05) is 18.8 Å². The summed E-state index contributed by atoms with van der Waals surface area (Å²) in [5.74, 6) is 1.09. The zero-order valence-electron chi connectivity index (χ0n) is 8.26. The molecule has 0 fully saturated rings. The lowest BCUT2D eigenvalue weighted by molar-refractivity contribution is 0.548. The zero-order chi connectivity index (χ0) is 9.14. The predicted octanol–water partition coefficient (Wildman–Crippen LogP) is 1.49. The van der Waals surface area contributed by atoms with Gasteiger partial charge in [0.15, 0.2) is 0 Å². The number of rotatable bonds is 3. The third-order valence-electron chi connectivity index (χ3n) is 1.93. The quantitative estimate of drug-likeness (QED) is 0.739. The van der Waals surface area contributed by atoms with Gasteiger partial charge in [0.1, 0.15) is 5.82 Å². The van der Waals surface area contributed by atoms with E-state index in [0.29, 0.717) is 6.04 Å². The molecule has 0 spiro atoms. The number of imidazole rings is 1. The molecule has 0 saturated carbocycles. The van der Waals surface area contributed by atoms with E-state index < -0.39 is 0 Å². The molecule has 0 aliphatic carbocycles. The van der Waals surface area contributed by atoms with Gasteiger partial charge in [0.2, 0.25) is 0 Å². The Hall–Kier alpha value is -0.830. The van der Waals surface area contributed by atoms with Gasteiger partial charge in [-0.05, 0) is 27.8 Å². The summed E-state index contributed by atoms with van der Waals surface area (Å²) in [6.45, 7) is 7.28. The zero-order valence-corrected chi connectivity index (χ0v) is 8.26. The van der Waals surface area contributed by atoms with Crippen LogP contribution in [0.2, 0.25) is 0 Å². The average Bonchev–Trinajstić information content (AvgIpc) is 2.32. The molecular formula is C9H17N3. The van der Waals surface area contributed by atoms with Crippen LogP contribution in [0.15, 0.2) is 6.20 Å². The van der Waals surface area contributed by atoms with Crippen molar-refractivity contribution >= 4 is 0 Å². The molecule has 1 aromatic rings. The van der Waals surface area contributed by atoms with Crippen LogP contribution >= 0.6 is 0 Å². The molecule has 0 aliphatic heterocycles. The Kier molecular flexibility index (Phi) is 2.87. The summed E-state index contributed by atoms with van der Waals surface area (Å²) >= 11 is 0. The fraction of sp³-hybridized carbons (Fsp3) is 0.667. The Labute approximate surface area is 73.8 Å². The van der Waals surface area contributed by atoms with E-state index in [1.54, 1.807) is 0 Å². The Morgan fingerprint density at radius 1 is 1.58 bits per heavy atom. The van der Waals surface area contributed by atoms with Gasteiger partial charge in [-0.3, -0.25) is 0 Å². The van der Waals surface area contributed by atoms with Crippen molar-refractivity contribution in [2.45, 2.75) is 33.4 Å². The standard InChI is InChI=1S/C9H17N3/c1-7(2)12-8(3)11-6-9(12)5-10-4/h6-7,10H,5H2,1-4H3. The SMILES string of the molecule is CNCc1cnc(C)n1C(C)C. The van der Waals surface area contributed by atoms with E-state index in [1.807, 2.05) is 20.2 Å². The van der Waals surface area contributed by atoms with Crippen molar-refractivity contribution < 1.29 is 0 Å². The Bertz CT molecular complexity index is 250. The summed E-state index contributed by atoms with van der Waals surface area (Å²) in [4.78, 5) is 4.28. The molecule has 0 atom stereocenters. The van der Waals surface area contributed by atoms with Crippen LogP contribution in [0.3, 0.4) is 0 Å². The normalized spacial score (nSPS) is 11.1. The third kappa shape index (κ3) is 1.67. The van der Waals surface area contributed by atoms with Gasteiger partial charge in [-0.2, -0.15) is 0 Å². The summed E-state index contributed by atoms with van der Waals surface area (Å²) in [5, 5.41) is 3.13. The molecule has 0 saturated heterocycles. The van der Waals surface area contributed by atoms with Crippen LogP contribution in [0.4, 0.5) is 0 Å². The van der Waals surface area contributed by atoms with E-state index in [1.165, 1.54) is 5.69 Å². The van der Waals surface area contributed by atoms with Crippen LogP contribution in [0, 0.1) is 6.92 Å². The minimum Gasteiger partial charge on any atom is -0.329 e. The van der Waals surface area contributed by atoms with E-state index >= 15 is 0 Å². The van der Waals surface area contributed by atoms with Crippen molar-refractivity contribution in [2.24, 2.45) is 0 Å². The van der Waals surface area contributed by atoms with Gasteiger partial charge in [0.25, 0.3) is 0 Å². The van der Waals surface area contributed by atoms with Crippen LogP contribution < -0.4 is 5.32 Å². The number of nitrogens with zero attached hydrogens (tertiary/aromatic N) is 2. The van der Waals surface area contributed by atoms with Crippen LogP contribution in [0.5, 0.6) is 0 Å². The van der Waals surface area contributed by atoms with Crippen molar-refractivity contribution in [3.05, 3.63) is 17.7 Å². The summed E-state index contributed by atoms with van der Waals surface area (Å²) in [5.41, 5.74) is 1.25. The molecule has 1 N–H and O–H groups in total. The first-order chi connectivity index (χ1) is 5.66. The minimum atomic E-state index is 0.496. The van der Waals surface area contributed by atoms with Crippen molar-refractivity contribution in [3.63, 3.8) is 0 Å². The van der Waals surface area contributed by atoms with Crippen LogP contribution in [0.25, 0.3) is 0 Å². The van der Waals surface area contributed by atoms with E-state index in [-0.39, 0.29) is 0 Å². The molecule has 1 heterocycles. The van der Waals surface area contributed by atoms with Crippen molar-refractivity contribution in [2.75, 3.05) is 7.05 Å². The van der Waals surface area contributed by atoms with Crippen molar-refractivity contribution in [3.8, 4) is 0 Å². The minimum absolute atomic E-state index is 0.496. The Morgan fingerprint density at radius 2 is 2.25 bits per heavy atom. The molecule has 0 bridgehead atoms. The molecule has 0 aromatic carbocycles. The van der Waals surface area contributed by atoms with Gasteiger partial charge >= 0.3 is 0 Å². The number of hydrogen-bond acceptors (Lipinski definition) is 2. The second kappa shape index (κ2) is 3.72. The molecule has 1 aromatic heterocycles. The Balaban J connectivity index is 2.95. The Morgan fingerprint density at radius 3 is 2.75 bits per heavy atom. The summed E-state index contributed by atoms with van der Waals surface area (Å²) in [6.07, 6.45) is 1.94. The molecule has 3 heteroatoms. The largest absolute Gasteiger partial charge is 0.329 e. The highest BCUT2D eigenvalue weighted by atomic mass is 15.1. The summed E-state index contributed by atoms with van der Waals surface area (Å²) in [7, 11) is 1.95. The highest BCUT2D eigenvalue weighted by Crippen LogP contribution is 2.12. The fourth-order valence-corrected chi connectivity index (χ4v) is 1.52. The predicted molar refractivity (Wildman–Crippen MR) is 50.1 cm³/mol. The lowest BCUT2D eigenvalue weighted by Gasteiger charge is -2.13. The molecule has 12 heavy (non-hydrogen) atoms. The number of nitrogens with one attached hydrogen (secondary N) is 1. The maximum Gasteiger partial charge on any atom is 0.105 e. The topological polar surface area (TPSA) is 29.9 Å². The van der Waals surface area contributed by atoms with Gasteiger partial charge in [-0.25, -0.2) is 4.98 Å². The first-order valence-electron chi connectivity index (χ1n) is 4.34. The molecule has 0 amide bonds. The second-order valence-electron chi connectivity index (χ2n) is 3.29. The first-order valence-corrected chi connectivity index (χ1v) is 4.34. The lowest BCUT2D eigenvalue weighted by Crippen LogP contribution is -2.13. The number of aryl methyl sites for hydroxylation is 1. The van der Waals surface area contributed by atoms with Gasteiger partial charge in [-0.1, -0.05) is 0 Å². The molecule has 1 rings (SSSR count). The van der Waals surface area contributed by atoms with E-state index in [9.17, 15) is 0 Å². The maximum absolute atomic E-state index is 4.28. The maximum atomic E-state index is 4.28. The molecule has 0 aliphatic rings. The molecule has 0 unspecified atom stereocenters. The summed E-state index contributed by atoms with van der Waals surface area (Å²) in [6, 6.07) is 0.496. The second-order valence-corrected chi connectivity index (χ2v) is 3.29. The highest BCUT2D eigenvalue weighted by Gasteiger charge is 2.07. The van der Waals surface area contributed by atoms with Gasteiger partial charge < -0.3 is 9.88 Å².